The Hall–Kier alpha value is -4.47. The molecular formula is C29H26F3N7O3S2. The van der Waals surface area contributed by atoms with Crippen molar-refractivity contribution in [1.82, 2.24) is 25.2 Å². The number of aliphatic imine (C=N–C) groups is 1. The fraction of sp³-hybridized carbons (Fsp3) is 0.207. The van der Waals surface area contributed by atoms with Gasteiger partial charge in [-0.3, -0.25) is 15.1 Å². The van der Waals surface area contributed by atoms with E-state index in [1.807, 2.05) is 56.4 Å². The molecule has 3 aromatic carbocycles. The van der Waals surface area contributed by atoms with E-state index in [-0.39, 0.29) is 22.5 Å². The van der Waals surface area contributed by atoms with Crippen LogP contribution in [-0.2, 0) is 11.3 Å². The van der Waals surface area contributed by atoms with Crippen molar-refractivity contribution in [2.45, 2.75) is 19.8 Å². The quantitative estimate of drug-likeness (QED) is 0.197. The van der Waals surface area contributed by atoms with Crippen LogP contribution in [0.5, 0.6) is 11.5 Å². The van der Waals surface area contributed by atoms with E-state index >= 15 is 0 Å². The van der Waals surface area contributed by atoms with E-state index in [9.17, 15) is 18.0 Å². The molecule has 44 heavy (non-hydrogen) atoms. The SMILES string of the molecule is COc1ccc(C)cc1N1C(=O)CSC1=NC(=S)NN(C)Cc1ccc(-c2ncn(-c3ccc(OC(F)(F)F)cc3)n2)cc1. The van der Waals surface area contributed by atoms with Crippen molar-refractivity contribution in [1.29, 1.82) is 0 Å². The van der Waals surface area contributed by atoms with E-state index in [2.05, 4.69) is 25.2 Å². The fourth-order valence-electron chi connectivity index (χ4n) is 4.32. The van der Waals surface area contributed by atoms with Crippen LogP contribution in [-0.4, -0.2) is 62.2 Å². The van der Waals surface area contributed by atoms with E-state index in [0.717, 1.165) is 16.7 Å². The average Bonchev–Trinajstić information content (AvgIpc) is 3.60. The second-order valence-corrected chi connectivity index (χ2v) is 10.9. The number of hydrazine groups is 1. The Morgan fingerprint density at radius 3 is 2.55 bits per heavy atom. The predicted octanol–water partition coefficient (Wildman–Crippen LogP) is 5.51. The van der Waals surface area contributed by atoms with Crippen molar-refractivity contribution in [3.05, 3.63) is 84.2 Å². The summed E-state index contributed by atoms with van der Waals surface area (Å²) in [6.45, 7) is 2.42. The molecule has 1 aliphatic heterocycles. The van der Waals surface area contributed by atoms with Crippen LogP contribution in [0.3, 0.4) is 0 Å². The van der Waals surface area contributed by atoms with Gasteiger partial charge in [0.25, 0.3) is 0 Å². The second-order valence-electron chi connectivity index (χ2n) is 9.61. The highest BCUT2D eigenvalue weighted by Gasteiger charge is 2.32. The third-order valence-electron chi connectivity index (χ3n) is 6.28. The van der Waals surface area contributed by atoms with Crippen molar-refractivity contribution in [2.75, 3.05) is 24.8 Å². The first-order chi connectivity index (χ1) is 21.0. The third-order valence-corrected chi connectivity index (χ3v) is 7.39. The number of halogens is 3. The first kappa shape index (κ1) is 31.0. The highest BCUT2D eigenvalue weighted by Crippen LogP contribution is 2.35. The van der Waals surface area contributed by atoms with Gasteiger partial charge < -0.3 is 9.47 Å². The van der Waals surface area contributed by atoms with E-state index in [1.54, 1.807) is 12.1 Å². The van der Waals surface area contributed by atoms with Crippen LogP contribution in [0.2, 0.25) is 0 Å². The smallest absolute Gasteiger partial charge is 0.495 e. The number of nitrogens with one attached hydrogen (secondary N) is 1. The minimum absolute atomic E-state index is 0.110. The van der Waals surface area contributed by atoms with Gasteiger partial charge in [0.15, 0.2) is 11.0 Å². The summed E-state index contributed by atoms with van der Waals surface area (Å²) < 4.78 is 48.1. The number of alkyl halides is 3. The van der Waals surface area contributed by atoms with E-state index in [4.69, 9.17) is 17.0 Å². The summed E-state index contributed by atoms with van der Waals surface area (Å²) in [5.41, 5.74) is 6.92. The lowest BCUT2D eigenvalue weighted by Gasteiger charge is -2.21. The maximum Gasteiger partial charge on any atom is 0.573 e. The molecule has 0 unspecified atom stereocenters. The molecule has 0 saturated carbocycles. The Kier molecular flexibility index (Phi) is 9.17. The second kappa shape index (κ2) is 13.0. The van der Waals surface area contributed by atoms with Gasteiger partial charge in [-0.05, 0) is 66.7 Å². The molecule has 1 saturated heterocycles. The number of thioether (sulfide) groups is 1. The first-order valence-corrected chi connectivity index (χ1v) is 14.5. The Balaban J connectivity index is 1.20. The number of anilines is 1. The minimum atomic E-state index is -4.76. The van der Waals surface area contributed by atoms with Gasteiger partial charge in [0, 0.05) is 19.2 Å². The van der Waals surface area contributed by atoms with Gasteiger partial charge in [0.2, 0.25) is 11.0 Å². The predicted molar refractivity (Wildman–Crippen MR) is 166 cm³/mol. The normalized spacial score (nSPS) is 14.4. The van der Waals surface area contributed by atoms with Crippen molar-refractivity contribution >= 4 is 45.9 Å². The molecule has 2 heterocycles. The molecule has 1 amide bonds. The summed E-state index contributed by atoms with van der Waals surface area (Å²) in [6.07, 6.45) is -3.27. The van der Waals surface area contributed by atoms with Crippen molar-refractivity contribution < 1.29 is 27.4 Å². The van der Waals surface area contributed by atoms with Gasteiger partial charge >= 0.3 is 6.36 Å². The molecule has 4 aromatic rings. The number of hydrogen-bond acceptors (Lipinski definition) is 8. The topological polar surface area (TPSA) is 97.1 Å². The monoisotopic (exact) mass is 641 g/mol. The van der Waals surface area contributed by atoms with Gasteiger partial charge in [0.1, 0.15) is 17.8 Å². The van der Waals surface area contributed by atoms with Crippen LogP contribution < -0.4 is 19.8 Å². The molecule has 0 radical (unpaired) electrons. The Morgan fingerprint density at radius 1 is 1.14 bits per heavy atom. The molecule has 10 nitrogen and oxygen atoms in total. The zero-order valence-corrected chi connectivity index (χ0v) is 25.3. The van der Waals surface area contributed by atoms with Crippen LogP contribution >= 0.6 is 24.0 Å². The number of nitrogens with zero attached hydrogens (tertiary/aromatic N) is 6. The average molecular weight is 642 g/mol. The number of ether oxygens (including phenoxy) is 2. The molecule has 1 fully saturated rings. The molecule has 15 heteroatoms. The first-order valence-electron chi connectivity index (χ1n) is 13.1. The number of methoxy groups -OCH3 is 1. The van der Waals surface area contributed by atoms with E-state index in [0.29, 0.717) is 34.7 Å². The molecule has 1 aliphatic rings. The molecule has 0 bridgehead atoms. The van der Waals surface area contributed by atoms with Crippen LogP contribution in [0, 0.1) is 6.92 Å². The Morgan fingerprint density at radius 2 is 1.86 bits per heavy atom. The van der Waals surface area contributed by atoms with Crippen LogP contribution in [0.1, 0.15) is 11.1 Å². The molecule has 5 rings (SSSR count). The summed E-state index contributed by atoms with van der Waals surface area (Å²) in [7, 11) is 3.38. The summed E-state index contributed by atoms with van der Waals surface area (Å²) in [4.78, 5) is 23.1. The number of carbonyl (C=O) groups excluding carboxylic acids is 1. The summed E-state index contributed by atoms with van der Waals surface area (Å²) in [5, 5.41) is 6.87. The lowest BCUT2D eigenvalue weighted by atomic mass is 10.1. The Labute approximate surface area is 260 Å². The lowest BCUT2D eigenvalue weighted by molar-refractivity contribution is -0.274. The molecule has 1 aromatic heterocycles. The summed E-state index contributed by atoms with van der Waals surface area (Å²) in [6, 6.07) is 18.5. The number of aryl methyl sites for hydroxylation is 1. The highest BCUT2D eigenvalue weighted by molar-refractivity contribution is 8.15. The van der Waals surface area contributed by atoms with Gasteiger partial charge in [-0.2, -0.15) is 4.99 Å². The van der Waals surface area contributed by atoms with Gasteiger partial charge in [0.05, 0.1) is 24.2 Å². The number of aromatic nitrogens is 3. The van der Waals surface area contributed by atoms with Gasteiger partial charge in [-0.1, -0.05) is 42.1 Å². The lowest BCUT2D eigenvalue weighted by Crippen LogP contribution is -2.38. The number of rotatable bonds is 8. The number of amidine groups is 1. The molecule has 0 atom stereocenters. The summed E-state index contributed by atoms with van der Waals surface area (Å²) in [5.74, 6) is 0.837. The highest BCUT2D eigenvalue weighted by atomic mass is 32.2. The number of hydrogen-bond donors (Lipinski definition) is 1. The van der Waals surface area contributed by atoms with Gasteiger partial charge in [-0.25, -0.2) is 14.7 Å². The van der Waals surface area contributed by atoms with Gasteiger partial charge in [-0.15, -0.1) is 18.3 Å². The minimum Gasteiger partial charge on any atom is -0.495 e. The third kappa shape index (κ3) is 7.53. The van der Waals surface area contributed by atoms with Crippen LogP contribution in [0.4, 0.5) is 18.9 Å². The van der Waals surface area contributed by atoms with Crippen molar-refractivity contribution in [3.8, 4) is 28.6 Å². The van der Waals surface area contributed by atoms with E-state index < -0.39 is 6.36 Å². The maximum atomic E-state index is 12.7. The number of carbonyl (C=O) groups is 1. The summed E-state index contributed by atoms with van der Waals surface area (Å²) >= 11 is 6.78. The Bertz CT molecular complexity index is 1690. The standard InChI is InChI=1S/C29H26F3N7O3S2/c1-18-4-13-24(41-3)23(14-18)39-25(40)16-44-28(39)34-27(43)36-37(2)15-19-5-7-20(8-6-19)26-33-17-38(35-26)21-9-11-22(12-10-21)42-29(30,31)32/h4-14,17H,15-16H2,1-3H3,(H,36,43). The largest absolute Gasteiger partial charge is 0.573 e. The van der Waals surface area contributed by atoms with Crippen molar-refractivity contribution in [3.63, 3.8) is 0 Å². The number of thiocarbonyl (C=S) groups is 1. The zero-order valence-electron chi connectivity index (χ0n) is 23.7. The zero-order chi connectivity index (χ0) is 31.4. The molecular weight excluding hydrogens is 615 g/mol. The van der Waals surface area contributed by atoms with Crippen molar-refractivity contribution in [2.24, 2.45) is 4.99 Å². The van der Waals surface area contributed by atoms with Crippen LogP contribution in [0.25, 0.3) is 17.1 Å². The molecule has 0 spiro atoms. The maximum absolute atomic E-state index is 12.7. The number of benzene rings is 3. The van der Waals surface area contributed by atoms with E-state index in [1.165, 1.54) is 51.9 Å². The fourth-order valence-corrected chi connectivity index (χ4v) is 5.49. The molecule has 0 aliphatic carbocycles. The van der Waals surface area contributed by atoms with Crippen LogP contribution in [0.15, 0.2) is 78.0 Å². The molecule has 228 valence electrons. The molecule has 1 N–H and O–H groups in total. The number of amides is 1.